The number of nitrogens with zero attached hydrogens (tertiary/aromatic N) is 3. The molecule has 0 bridgehead atoms. The van der Waals surface area contributed by atoms with E-state index in [9.17, 15) is 0 Å². The van der Waals surface area contributed by atoms with Gasteiger partial charge in [0.2, 0.25) is 0 Å². The lowest BCUT2D eigenvalue weighted by Gasteiger charge is -2.52. The van der Waals surface area contributed by atoms with Crippen LogP contribution in [0.25, 0.3) is 55.0 Å². The summed E-state index contributed by atoms with van der Waals surface area (Å²) in [5.41, 5.74) is 30.0. The predicted octanol–water partition coefficient (Wildman–Crippen LogP) is 21.6. The van der Waals surface area contributed by atoms with Crippen molar-refractivity contribution in [2.24, 2.45) is 0 Å². The van der Waals surface area contributed by atoms with E-state index in [1.165, 1.54) is 119 Å². The van der Waals surface area contributed by atoms with E-state index in [1.807, 2.05) is 0 Å². The summed E-state index contributed by atoms with van der Waals surface area (Å²) in [7, 11) is 0. The summed E-state index contributed by atoms with van der Waals surface area (Å²) in [6.07, 6.45) is 6.77. The molecule has 2 unspecified atom stereocenters. The zero-order valence-corrected chi connectivity index (χ0v) is 55.9. The van der Waals surface area contributed by atoms with Gasteiger partial charge in [0.1, 0.15) is 22.3 Å². The molecule has 3 aliphatic heterocycles. The second kappa shape index (κ2) is 18.5. The van der Waals surface area contributed by atoms with Crippen LogP contribution in [0.3, 0.4) is 0 Å². The fraction of sp³-hybridized carbons (Fsp3) is 0.302. The maximum atomic E-state index is 6.94. The first-order valence-corrected chi connectivity index (χ1v) is 34.1. The molecular weight excluding hydrogens is 1120 g/mol. The van der Waals surface area contributed by atoms with Gasteiger partial charge < -0.3 is 23.5 Å². The first-order chi connectivity index (χ1) is 44.0. The molecule has 5 nitrogen and oxygen atoms in total. The Balaban J connectivity index is 1.00. The minimum atomic E-state index is -0.307. The van der Waals surface area contributed by atoms with Crippen molar-refractivity contribution in [1.29, 1.82) is 0 Å². The number of hydrogen-bond acceptors (Lipinski definition) is 5. The fourth-order valence-corrected chi connectivity index (χ4v) is 19.0. The minimum absolute atomic E-state index is 0.0491. The second-order valence-corrected chi connectivity index (χ2v) is 32.2. The van der Waals surface area contributed by atoms with Crippen molar-refractivity contribution < 1.29 is 8.83 Å². The van der Waals surface area contributed by atoms with Crippen LogP contribution in [0.2, 0.25) is 0 Å². The monoisotopic (exact) mass is 1200 g/mol. The third-order valence-electron chi connectivity index (χ3n) is 24.5. The lowest BCUT2D eigenvalue weighted by Crippen LogP contribution is -2.62. The highest BCUT2D eigenvalue weighted by Crippen LogP contribution is 2.63. The molecule has 12 aromatic rings. The molecule has 0 spiro atoms. The van der Waals surface area contributed by atoms with Gasteiger partial charge in [-0.25, -0.2) is 0 Å². The van der Waals surface area contributed by atoms with E-state index in [2.05, 4.69) is 293 Å². The molecule has 0 amide bonds. The molecule has 10 aromatic carbocycles. The molecule has 2 aromatic heterocycles. The van der Waals surface area contributed by atoms with Gasteiger partial charge in [0.15, 0.2) is 0 Å². The maximum Gasteiger partial charge on any atom is 0.252 e. The smallest absolute Gasteiger partial charge is 0.252 e. The summed E-state index contributed by atoms with van der Waals surface area (Å²) in [5, 5.41) is 4.49. The maximum absolute atomic E-state index is 6.94. The molecule has 0 N–H and O–H groups in total. The topological polar surface area (TPSA) is 36.0 Å². The normalized spacial score (nSPS) is 21.0. The summed E-state index contributed by atoms with van der Waals surface area (Å²) < 4.78 is 13.9. The molecule has 0 radical (unpaired) electrons. The summed E-state index contributed by atoms with van der Waals surface area (Å²) in [6.45, 7) is 31.9. The molecule has 6 aliphatic rings. The lowest BCUT2D eigenvalue weighted by molar-refractivity contribution is 0.195. The Morgan fingerprint density at radius 3 is 1.42 bits per heavy atom. The largest absolute Gasteiger partial charge is 0.456 e. The molecule has 0 saturated heterocycles. The van der Waals surface area contributed by atoms with E-state index >= 15 is 0 Å². The van der Waals surface area contributed by atoms with Crippen LogP contribution in [-0.2, 0) is 32.5 Å². The van der Waals surface area contributed by atoms with E-state index in [-0.39, 0.29) is 44.7 Å². The van der Waals surface area contributed by atoms with Crippen molar-refractivity contribution in [3.63, 3.8) is 0 Å². The van der Waals surface area contributed by atoms with Gasteiger partial charge in [0.25, 0.3) is 6.71 Å². The van der Waals surface area contributed by atoms with Gasteiger partial charge in [0.05, 0.1) is 27.7 Å². The predicted molar refractivity (Wildman–Crippen MR) is 388 cm³/mol. The molecule has 1 fully saturated rings. The van der Waals surface area contributed by atoms with Crippen molar-refractivity contribution in [2.75, 3.05) is 14.7 Å². The Hall–Kier alpha value is -8.74. The van der Waals surface area contributed by atoms with Crippen LogP contribution in [0.1, 0.15) is 173 Å². The van der Waals surface area contributed by atoms with Crippen LogP contribution in [0, 0.1) is 0 Å². The Morgan fingerprint density at radius 2 is 0.859 bits per heavy atom. The van der Waals surface area contributed by atoms with Crippen LogP contribution in [0.15, 0.2) is 197 Å². The van der Waals surface area contributed by atoms with Crippen LogP contribution in [0.5, 0.6) is 0 Å². The van der Waals surface area contributed by atoms with Crippen molar-refractivity contribution in [3.8, 4) is 11.1 Å². The van der Waals surface area contributed by atoms with Crippen molar-refractivity contribution in [1.82, 2.24) is 0 Å². The highest BCUT2D eigenvalue weighted by atomic mass is 16.3. The van der Waals surface area contributed by atoms with Crippen LogP contribution >= 0.6 is 0 Å². The quantitative estimate of drug-likeness (QED) is 0.164. The molecule has 18 rings (SSSR count). The number of anilines is 8. The number of fused-ring (bicyclic) bond motifs is 16. The molecule has 5 heterocycles. The van der Waals surface area contributed by atoms with Gasteiger partial charge in [-0.3, -0.25) is 0 Å². The van der Waals surface area contributed by atoms with Gasteiger partial charge in [-0.1, -0.05) is 211 Å². The third-order valence-corrected chi connectivity index (χ3v) is 24.5. The van der Waals surface area contributed by atoms with Crippen LogP contribution in [0.4, 0.5) is 45.5 Å². The zero-order chi connectivity index (χ0) is 63.1. The minimum Gasteiger partial charge on any atom is -0.456 e. The van der Waals surface area contributed by atoms with E-state index in [1.54, 1.807) is 0 Å². The molecule has 92 heavy (non-hydrogen) atoms. The first kappa shape index (κ1) is 56.1. The van der Waals surface area contributed by atoms with Crippen LogP contribution in [-0.4, -0.2) is 12.3 Å². The summed E-state index contributed by atoms with van der Waals surface area (Å²) in [4.78, 5) is 8.28. The highest BCUT2D eigenvalue weighted by molar-refractivity contribution is 7.00. The van der Waals surface area contributed by atoms with Crippen molar-refractivity contribution in [2.45, 2.75) is 167 Å². The highest BCUT2D eigenvalue weighted by Gasteiger charge is 2.59. The Kier molecular flexibility index (Phi) is 11.3. The van der Waals surface area contributed by atoms with E-state index in [4.69, 9.17) is 8.83 Å². The average molecular weight is 1200 g/mol. The molecule has 6 heteroatoms. The van der Waals surface area contributed by atoms with Gasteiger partial charge in [0, 0.05) is 61.1 Å². The van der Waals surface area contributed by atoms with Crippen LogP contribution < -0.4 is 31.1 Å². The number of benzene rings is 10. The lowest BCUT2D eigenvalue weighted by atomic mass is 9.32. The van der Waals surface area contributed by atoms with E-state index in [0.717, 1.165) is 80.9 Å². The average Bonchev–Trinajstić information content (AvgIpc) is 0.812. The number of para-hydroxylation sites is 2. The van der Waals surface area contributed by atoms with Gasteiger partial charge in [-0.2, -0.15) is 0 Å². The summed E-state index contributed by atoms with van der Waals surface area (Å²) >= 11 is 0. The van der Waals surface area contributed by atoms with Gasteiger partial charge in [-0.15, -0.1) is 0 Å². The number of rotatable bonds is 4. The molecule has 2 atom stereocenters. The van der Waals surface area contributed by atoms with Crippen molar-refractivity contribution >= 4 is 112 Å². The molecule has 456 valence electrons. The Bertz CT molecular complexity index is 5180. The SMILES string of the molecule is CC(C)(C)c1ccc(-c2ccc3c(c2)C2(C)CCCCC2(C)N3c2cc3c4c(c2)N(c2cccc5oc6ccccc6c25)c2cc5c(cc2B4c2cc4c(cc2N3c2cccc3oc6ccccc6c23)C(C)(C)CCC4(C)C)C(C)(C)c2ccccc2C5(C)C)cc1. The summed E-state index contributed by atoms with van der Waals surface area (Å²) in [5.74, 6) is 0. The zero-order valence-electron chi connectivity index (χ0n) is 55.9. The number of furan rings is 2. The fourth-order valence-electron chi connectivity index (χ4n) is 19.0. The van der Waals surface area contributed by atoms with E-state index in [0.29, 0.717) is 0 Å². The summed E-state index contributed by atoms with van der Waals surface area (Å²) in [6, 6.07) is 73.1. The van der Waals surface area contributed by atoms with E-state index < -0.39 is 0 Å². The third kappa shape index (κ3) is 7.38. The van der Waals surface area contributed by atoms with Crippen molar-refractivity contribution in [3.05, 3.63) is 233 Å². The van der Waals surface area contributed by atoms with Gasteiger partial charge in [-0.05, 0) is 194 Å². The second-order valence-electron chi connectivity index (χ2n) is 32.2. The molecule has 1 saturated carbocycles. The molecule has 3 aliphatic carbocycles. The standard InChI is InChI=1S/C86H82BN3O2/c1-80(2,3)53-37-34-51(35-38-53)52-36-39-66-63(44-52)85(12)40-20-21-41-86(85,13)90(66)54-45-71-79-72(46-54)89(68-29-23-33-76-78(68)56-25-15-19-31-74(56)92-76)70-50-62-61(83(8,9)57-26-16-17-27-58(57)84(62,10)11)48-65(70)87(79)64-47-59-60(82(6,7)43-42-81(59,4)5)49-69(64)88(71)67-28-22-32-75-77(67)55-24-14-18-30-73(55)91-75/h14-19,22-39,44-50H,20-21,40-43H2,1-13H3. The molecular formula is C86H82BN3O2. The van der Waals surface area contributed by atoms with Gasteiger partial charge >= 0.3 is 0 Å². The first-order valence-electron chi connectivity index (χ1n) is 34.1. The number of hydrogen-bond donors (Lipinski definition) is 0. The Morgan fingerprint density at radius 1 is 0.380 bits per heavy atom. The Labute approximate surface area is 543 Å².